The lowest BCUT2D eigenvalue weighted by atomic mass is 10.0. The summed E-state index contributed by atoms with van der Waals surface area (Å²) in [4.78, 5) is 16.9. The number of aliphatic hydroxyl groups excluding tert-OH is 1. The van der Waals surface area contributed by atoms with Gasteiger partial charge in [0.25, 0.3) is 5.91 Å². The summed E-state index contributed by atoms with van der Waals surface area (Å²) in [5, 5.41) is 13.4. The first kappa shape index (κ1) is 19.6. The van der Waals surface area contributed by atoms with Gasteiger partial charge in [-0.25, -0.2) is 4.98 Å². The van der Waals surface area contributed by atoms with E-state index in [1.54, 1.807) is 20.1 Å². The number of aryl methyl sites for hydroxylation is 1. The fourth-order valence-corrected chi connectivity index (χ4v) is 3.20. The number of carbonyl (C=O) groups is 1. The summed E-state index contributed by atoms with van der Waals surface area (Å²) < 4.78 is 10.5. The van der Waals surface area contributed by atoms with Crippen LogP contribution in [0.4, 0.5) is 0 Å². The Hall–Kier alpha value is -2.15. The van der Waals surface area contributed by atoms with Gasteiger partial charge in [-0.05, 0) is 49.1 Å². The first-order chi connectivity index (χ1) is 13.0. The maximum absolute atomic E-state index is 12.6. The third-order valence-corrected chi connectivity index (χ3v) is 5.14. The van der Waals surface area contributed by atoms with Gasteiger partial charge in [-0.3, -0.25) is 4.79 Å². The third-order valence-electron chi connectivity index (χ3n) is 4.62. The van der Waals surface area contributed by atoms with Crippen molar-refractivity contribution in [3.63, 3.8) is 0 Å². The molecule has 27 heavy (non-hydrogen) atoms. The zero-order valence-electron chi connectivity index (χ0n) is 15.4. The van der Waals surface area contributed by atoms with E-state index in [-0.39, 0.29) is 18.2 Å². The second kappa shape index (κ2) is 8.69. The van der Waals surface area contributed by atoms with Crippen molar-refractivity contribution in [3.8, 4) is 5.75 Å². The molecule has 0 radical (unpaired) electrons. The lowest BCUT2D eigenvalue weighted by molar-refractivity contribution is -0.0140. The van der Waals surface area contributed by atoms with Crippen LogP contribution >= 0.6 is 11.6 Å². The van der Waals surface area contributed by atoms with E-state index in [1.807, 2.05) is 24.3 Å². The van der Waals surface area contributed by atoms with E-state index >= 15 is 0 Å². The average molecular weight is 391 g/mol. The molecule has 1 amide bonds. The molecular formula is C20H23ClN2O4. The third kappa shape index (κ3) is 4.77. The second-order valence-electron chi connectivity index (χ2n) is 6.60. The molecule has 3 rings (SSSR count). The number of carbonyl (C=O) groups excluding carboxylic acids is 1. The highest BCUT2D eigenvalue weighted by molar-refractivity contribution is 6.32. The van der Waals surface area contributed by atoms with Gasteiger partial charge in [0, 0.05) is 6.61 Å². The molecule has 0 spiro atoms. The SMILES string of the molecule is COc1ccc(Cc2cc(C(=O)NC3COCC[C@@H]3O)nc(C)c2Cl)cc1. The molecule has 0 aliphatic carbocycles. The fourth-order valence-electron chi connectivity index (χ4n) is 3.04. The van der Waals surface area contributed by atoms with Crippen molar-refractivity contribution in [2.45, 2.75) is 31.9 Å². The Labute approximate surface area is 163 Å². The number of methoxy groups -OCH3 is 1. The van der Waals surface area contributed by atoms with E-state index in [0.717, 1.165) is 16.9 Å². The highest BCUT2D eigenvalue weighted by Crippen LogP contribution is 2.24. The van der Waals surface area contributed by atoms with Gasteiger partial charge < -0.3 is 19.9 Å². The number of hydrogen-bond donors (Lipinski definition) is 2. The molecule has 0 bridgehead atoms. The number of rotatable bonds is 5. The first-order valence-corrected chi connectivity index (χ1v) is 9.21. The molecule has 1 unspecified atom stereocenters. The molecule has 2 aromatic rings. The van der Waals surface area contributed by atoms with E-state index in [2.05, 4.69) is 10.3 Å². The Bertz CT molecular complexity index is 810. The number of aromatic nitrogens is 1. The molecule has 1 aromatic heterocycles. The first-order valence-electron chi connectivity index (χ1n) is 8.83. The molecule has 1 aromatic carbocycles. The van der Waals surface area contributed by atoms with Crippen molar-refractivity contribution in [1.82, 2.24) is 10.3 Å². The Kier molecular flexibility index (Phi) is 6.31. The van der Waals surface area contributed by atoms with Crippen molar-refractivity contribution in [2.24, 2.45) is 0 Å². The molecule has 1 aliphatic rings. The van der Waals surface area contributed by atoms with E-state index in [9.17, 15) is 9.90 Å². The van der Waals surface area contributed by atoms with Crippen molar-refractivity contribution in [3.05, 3.63) is 57.9 Å². The zero-order valence-corrected chi connectivity index (χ0v) is 16.1. The number of nitrogens with zero attached hydrogens (tertiary/aromatic N) is 1. The van der Waals surface area contributed by atoms with Crippen LogP contribution in [-0.2, 0) is 11.2 Å². The molecule has 2 heterocycles. The van der Waals surface area contributed by atoms with Gasteiger partial charge in [0.05, 0.1) is 36.6 Å². The van der Waals surface area contributed by atoms with Crippen molar-refractivity contribution in [2.75, 3.05) is 20.3 Å². The topological polar surface area (TPSA) is 80.7 Å². The number of nitrogens with one attached hydrogen (secondary N) is 1. The van der Waals surface area contributed by atoms with Crippen LogP contribution < -0.4 is 10.1 Å². The summed E-state index contributed by atoms with van der Waals surface area (Å²) in [6.07, 6.45) is 0.456. The molecule has 144 valence electrons. The minimum Gasteiger partial charge on any atom is -0.497 e. The summed E-state index contributed by atoms with van der Waals surface area (Å²) in [5.74, 6) is 0.435. The average Bonchev–Trinajstić information content (AvgIpc) is 2.67. The predicted octanol–water partition coefficient (Wildman–Crippen LogP) is 2.52. The molecule has 2 N–H and O–H groups in total. The standard InChI is InChI=1S/C20H23ClN2O4/c1-12-19(21)14(9-13-3-5-15(26-2)6-4-13)10-16(22-12)20(25)23-17-11-27-8-7-18(17)24/h3-6,10,17-18,24H,7-9,11H2,1-2H3,(H,23,25)/t17?,18-/m0/s1. The number of ether oxygens (including phenoxy) is 2. The van der Waals surface area contributed by atoms with Gasteiger partial charge in [-0.15, -0.1) is 0 Å². The van der Waals surface area contributed by atoms with Gasteiger partial charge in [-0.2, -0.15) is 0 Å². The highest BCUT2D eigenvalue weighted by Gasteiger charge is 2.26. The number of benzene rings is 1. The summed E-state index contributed by atoms with van der Waals surface area (Å²) in [6.45, 7) is 2.56. The van der Waals surface area contributed by atoms with Crippen LogP contribution in [0, 0.1) is 6.92 Å². The summed E-state index contributed by atoms with van der Waals surface area (Å²) in [6, 6.07) is 8.95. The van der Waals surface area contributed by atoms with Gasteiger partial charge in [0.2, 0.25) is 0 Å². The predicted molar refractivity (Wildman–Crippen MR) is 102 cm³/mol. The molecule has 7 heteroatoms. The van der Waals surface area contributed by atoms with E-state index in [0.29, 0.717) is 30.2 Å². The number of halogens is 1. The fraction of sp³-hybridized carbons (Fsp3) is 0.400. The molecule has 1 fully saturated rings. The van der Waals surface area contributed by atoms with Crippen LogP contribution in [0.3, 0.4) is 0 Å². The van der Waals surface area contributed by atoms with Gasteiger partial charge >= 0.3 is 0 Å². The highest BCUT2D eigenvalue weighted by atomic mass is 35.5. The molecule has 1 aliphatic heterocycles. The number of pyridine rings is 1. The smallest absolute Gasteiger partial charge is 0.270 e. The second-order valence-corrected chi connectivity index (χ2v) is 6.98. The number of hydrogen-bond acceptors (Lipinski definition) is 5. The molecular weight excluding hydrogens is 368 g/mol. The normalized spacial score (nSPS) is 19.6. The molecule has 1 saturated heterocycles. The van der Waals surface area contributed by atoms with Gasteiger partial charge in [-0.1, -0.05) is 23.7 Å². The van der Waals surface area contributed by atoms with Crippen LogP contribution in [0.5, 0.6) is 5.75 Å². The number of aliphatic hydroxyl groups is 1. The van der Waals surface area contributed by atoms with Crippen LogP contribution in [0.1, 0.15) is 33.7 Å². The number of amides is 1. The Balaban J connectivity index is 1.79. The monoisotopic (exact) mass is 390 g/mol. The lowest BCUT2D eigenvalue weighted by Crippen LogP contribution is -2.49. The largest absolute Gasteiger partial charge is 0.497 e. The van der Waals surface area contributed by atoms with Crippen LogP contribution in [0.15, 0.2) is 30.3 Å². The lowest BCUT2D eigenvalue weighted by Gasteiger charge is -2.28. The zero-order chi connectivity index (χ0) is 19.4. The Morgan fingerprint density at radius 2 is 2.15 bits per heavy atom. The van der Waals surface area contributed by atoms with Crippen LogP contribution in [0.25, 0.3) is 0 Å². The van der Waals surface area contributed by atoms with Crippen LogP contribution in [-0.4, -0.2) is 48.5 Å². The van der Waals surface area contributed by atoms with Crippen LogP contribution in [0.2, 0.25) is 5.02 Å². The minimum absolute atomic E-state index is 0.276. The molecule has 6 nitrogen and oxygen atoms in total. The van der Waals surface area contributed by atoms with E-state index in [1.165, 1.54) is 0 Å². The summed E-state index contributed by atoms with van der Waals surface area (Å²) in [7, 11) is 1.62. The maximum atomic E-state index is 12.6. The van der Waals surface area contributed by atoms with Crippen molar-refractivity contribution in [1.29, 1.82) is 0 Å². The summed E-state index contributed by atoms with van der Waals surface area (Å²) in [5.41, 5.74) is 2.73. The van der Waals surface area contributed by atoms with Crippen molar-refractivity contribution < 1.29 is 19.4 Å². The quantitative estimate of drug-likeness (QED) is 0.820. The molecule has 0 saturated carbocycles. The minimum atomic E-state index is -0.616. The van der Waals surface area contributed by atoms with Crippen molar-refractivity contribution >= 4 is 17.5 Å². The Morgan fingerprint density at radius 3 is 2.81 bits per heavy atom. The van der Waals surface area contributed by atoms with E-state index < -0.39 is 12.1 Å². The Morgan fingerprint density at radius 1 is 1.41 bits per heavy atom. The summed E-state index contributed by atoms with van der Waals surface area (Å²) >= 11 is 6.41. The van der Waals surface area contributed by atoms with Gasteiger partial charge in [0.1, 0.15) is 11.4 Å². The maximum Gasteiger partial charge on any atom is 0.270 e. The van der Waals surface area contributed by atoms with Gasteiger partial charge in [0.15, 0.2) is 0 Å². The van der Waals surface area contributed by atoms with E-state index in [4.69, 9.17) is 21.1 Å². The molecule has 2 atom stereocenters.